The van der Waals surface area contributed by atoms with Gasteiger partial charge in [-0.05, 0) is 30.5 Å². The zero-order chi connectivity index (χ0) is 20.3. The number of fused-ring (bicyclic) bond motifs is 3. The van der Waals surface area contributed by atoms with Crippen LogP contribution in [-0.4, -0.2) is 53.7 Å². The highest BCUT2D eigenvalue weighted by Gasteiger charge is 2.45. The summed E-state index contributed by atoms with van der Waals surface area (Å²) in [5, 5.41) is 2.39. The molecule has 150 valence electrons. The third kappa shape index (κ3) is 2.72. The van der Waals surface area contributed by atoms with Crippen molar-refractivity contribution < 1.29 is 26.8 Å². The Bertz CT molecular complexity index is 1160. The average molecular weight is 418 g/mol. The van der Waals surface area contributed by atoms with Crippen LogP contribution in [0.25, 0.3) is 5.57 Å². The van der Waals surface area contributed by atoms with E-state index in [2.05, 4.69) is 10.3 Å². The summed E-state index contributed by atoms with van der Waals surface area (Å²) in [4.78, 5) is 30.5. The number of anilines is 1. The van der Waals surface area contributed by atoms with Crippen molar-refractivity contribution in [1.29, 1.82) is 0 Å². The molecule has 1 aliphatic carbocycles. The molecule has 0 saturated carbocycles. The Hall–Kier alpha value is -3.21. The SMILES string of the molecule is O=C(CN1C(=O)Nc2ccc(F)cc2S1(=O)=O)N1C[C@H]2C=C(c3ncco3)[C@@H]1C2. The van der Waals surface area contributed by atoms with Gasteiger partial charge in [-0.1, -0.05) is 6.08 Å². The van der Waals surface area contributed by atoms with E-state index in [9.17, 15) is 22.4 Å². The maximum Gasteiger partial charge on any atom is 0.336 e. The zero-order valence-electron chi connectivity index (χ0n) is 14.9. The van der Waals surface area contributed by atoms with E-state index in [1.54, 1.807) is 0 Å². The van der Waals surface area contributed by atoms with Gasteiger partial charge in [0.05, 0.1) is 17.9 Å². The number of sulfonamides is 1. The quantitative estimate of drug-likeness (QED) is 0.811. The maximum atomic E-state index is 13.6. The van der Waals surface area contributed by atoms with Gasteiger partial charge in [0.25, 0.3) is 10.0 Å². The van der Waals surface area contributed by atoms with Crippen LogP contribution in [0.3, 0.4) is 0 Å². The van der Waals surface area contributed by atoms with Gasteiger partial charge in [0, 0.05) is 12.1 Å². The van der Waals surface area contributed by atoms with Crippen LogP contribution in [0.5, 0.6) is 0 Å². The number of hydrogen-bond donors (Lipinski definition) is 1. The molecule has 0 radical (unpaired) electrons. The minimum absolute atomic E-state index is 0.0190. The molecule has 11 heteroatoms. The van der Waals surface area contributed by atoms with Crippen LogP contribution in [0, 0.1) is 11.7 Å². The van der Waals surface area contributed by atoms with Crippen LogP contribution in [0.2, 0.25) is 0 Å². The topological polar surface area (TPSA) is 113 Å². The molecule has 9 nitrogen and oxygen atoms in total. The first-order valence-electron chi connectivity index (χ1n) is 8.89. The lowest BCUT2D eigenvalue weighted by Gasteiger charge is -2.32. The summed E-state index contributed by atoms with van der Waals surface area (Å²) in [6.07, 6.45) is 5.64. The highest BCUT2D eigenvalue weighted by Crippen LogP contribution is 2.41. The molecule has 0 unspecified atom stereocenters. The summed E-state index contributed by atoms with van der Waals surface area (Å²) in [6, 6.07) is 1.80. The summed E-state index contributed by atoms with van der Waals surface area (Å²) in [5.41, 5.74) is 0.757. The Morgan fingerprint density at radius 1 is 1.38 bits per heavy atom. The monoisotopic (exact) mass is 418 g/mol. The second-order valence-electron chi connectivity index (χ2n) is 7.10. The normalized spacial score (nSPS) is 24.3. The maximum absolute atomic E-state index is 13.6. The van der Waals surface area contributed by atoms with E-state index in [0.29, 0.717) is 23.2 Å². The van der Waals surface area contributed by atoms with Crippen LogP contribution in [-0.2, 0) is 14.8 Å². The smallest absolute Gasteiger partial charge is 0.336 e. The number of oxazole rings is 1. The fourth-order valence-electron chi connectivity index (χ4n) is 4.09. The second kappa shape index (κ2) is 6.14. The molecule has 2 bridgehead atoms. The number of carbonyl (C=O) groups is 2. The number of nitrogens with zero attached hydrogens (tertiary/aromatic N) is 3. The molecule has 1 aromatic heterocycles. The lowest BCUT2D eigenvalue weighted by molar-refractivity contribution is -0.131. The van der Waals surface area contributed by atoms with Crippen LogP contribution >= 0.6 is 0 Å². The van der Waals surface area contributed by atoms with Crippen LogP contribution in [0.1, 0.15) is 12.3 Å². The molecule has 3 amide bonds. The summed E-state index contributed by atoms with van der Waals surface area (Å²) in [6.45, 7) is -0.249. The highest BCUT2D eigenvalue weighted by molar-refractivity contribution is 7.90. The molecule has 0 spiro atoms. The molecule has 29 heavy (non-hydrogen) atoms. The minimum Gasteiger partial charge on any atom is -0.445 e. The van der Waals surface area contributed by atoms with Gasteiger partial charge < -0.3 is 14.6 Å². The fourth-order valence-corrected chi connectivity index (χ4v) is 5.53. The first-order valence-corrected chi connectivity index (χ1v) is 10.3. The van der Waals surface area contributed by atoms with Crippen molar-refractivity contribution in [3.05, 3.63) is 48.4 Å². The van der Waals surface area contributed by atoms with Crippen molar-refractivity contribution in [2.75, 3.05) is 18.4 Å². The van der Waals surface area contributed by atoms with Gasteiger partial charge in [-0.2, -0.15) is 0 Å². The molecule has 2 atom stereocenters. The zero-order valence-corrected chi connectivity index (χ0v) is 15.7. The predicted molar refractivity (Wildman–Crippen MR) is 97.4 cm³/mol. The number of nitrogens with one attached hydrogen (secondary N) is 1. The molecule has 1 saturated heterocycles. The Morgan fingerprint density at radius 3 is 2.93 bits per heavy atom. The van der Waals surface area contributed by atoms with Gasteiger partial charge in [0.2, 0.25) is 11.8 Å². The largest absolute Gasteiger partial charge is 0.445 e. The van der Waals surface area contributed by atoms with E-state index in [4.69, 9.17) is 4.42 Å². The van der Waals surface area contributed by atoms with Crippen molar-refractivity contribution in [2.24, 2.45) is 5.92 Å². The molecule has 3 aliphatic rings. The van der Waals surface area contributed by atoms with Crippen molar-refractivity contribution >= 4 is 33.2 Å². The van der Waals surface area contributed by atoms with Crippen LogP contribution in [0.15, 0.2) is 46.0 Å². The number of carbonyl (C=O) groups excluding carboxylic acids is 2. The molecular formula is C18H15FN4O5S. The molecule has 2 aliphatic heterocycles. The van der Waals surface area contributed by atoms with E-state index < -0.39 is 34.3 Å². The average Bonchev–Trinajstić information content (AvgIpc) is 3.42. The Balaban J connectivity index is 1.40. The minimum atomic E-state index is -4.36. The fraction of sp³-hybridized carbons (Fsp3) is 0.278. The van der Waals surface area contributed by atoms with E-state index in [1.165, 1.54) is 23.4 Å². The Morgan fingerprint density at radius 2 is 2.21 bits per heavy atom. The summed E-state index contributed by atoms with van der Waals surface area (Å²) >= 11 is 0. The lowest BCUT2D eigenvalue weighted by atomic mass is 10.1. The molecule has 1 fully saturated rings. The van der Waals surface area contributed by atoms with Crippen molar-refractivity contribution in [3.63, 3.8) is 0 Å². The summed E-state index contributed by atoms with van der Waals surface area (Å²) < 4.78 is 45.0. The number of benzene rings is 1. The van der Waals surface area contributed by atoms with Gasteiger partial charge >= 0.3 is 6.03 Å². The van der Waals surface area contributed by atoms with E-state index in [1.807, 2.05) is 6.08 Å². The van der Waals surface area contributed by atoms with Crippen molar-refractivity contribution in [1.82, 2.24) is 14.2 Å². The highest BCUT2D eigenvalue weighted by atomic mass is 32.2. The summed E-state index contributed by atoms with van der Waals surface area (Å²) in [5.74, 6) is -0.740. The van der Waals surface area contributed by atoms with Gasteiger partial charge in [0.15, 0.2) is 0 Å². The van der Waals surface area contributed by atoms with Gasteiger partial charge in [-0.25, -0.2) is 26.9 Å². The Labute approximate surface area is 164 Å². The van der Waals surface area contributed by atoms with Gasteiger partial charge in [-0.3, -0.25) is 4.79 Å². The van der Waals surface area contributed by atoms with Crippen LogP contribution in [0.4, 0.5) is 14.9 Å². The Kier molecular flexibility index (Phi) is 3.78. The molecular weight excluding hydrogens is 403 g/mol. The number of rotatable bonds is 3. The third-order valence-corrected chi connectivity index (χ3v) is 7.13. The first-order chi connectivity index (χ1) is 13.8. The standard InChI is InChI=1S/C18H15FN4O5S/c19-11-1-2-13-15(7-11)29(26,27)23(18(25)21-13)9-16(24)22-8-10-5-12(14(22)6-10)17-20-3-4-28-17/h1-5,7,10,14H,6,8-9H2,(H,21,25)/t10-,14-/m0/s1. The number of aromatic nitrogens is 1. The molecule has 1 N–H and O–H groups in total. The first kappa shape index (κ1) is 17.9. The predicted octanol–water partition coefficient (Wildman–Crippen LogP) is 1.66. The van der Waals surface area contributed by atoms with Gasteiger partial charge in [0.1, 0.15) is 23.5 Å². The van der Waals surface area contributed by atoms with E-state index in [-0.39, 0.29) is 22.5 Å². The molecule has 1 aromatic carbocycles. The lowest BCUT2D eigenvalue weighted by Crippen LogP contribution is -2.50. The van der Waals surface area contributed by atoms with Crippen molar-refractivity contribution in [3.8, 4) is 0 Å². The molecule has 2 aromatic rings. The van der Waals surface area contributed by atoms with E-state index in [0.717, 1.165) is 17.7 Å². The van der Waals surface area contributed by atoms with Gasteiger partial charge in [-0.15, -0.1) is 0 Å². The molecule has 3 heterocycles. The molecule has 5 rings (SSSR count). The third-order valence-electron chi connectivity index (χ3n) is 5.37. The number of likely N-dealkylation sites (tertiary alicyclic amines) is 1. The van der Waals surface area contributed by atoms with Crippen LogP contribution < -0.4 is 5.32 Å². The summed E-state index contributed by atoms with van der Waals surface area (Å²) in [7, 11) is -4.36. The number of amides is 3. The number of urea groups is 1. The van der Waals surface area contributed by atoms with Crippen molar-refractivity contribution in [2.45, 2.75) is 17.4 Å². The number of halogens is 1. The van der Waals surface area contributed by atoms with E-state index >= 15 is 0 Å². The number of hydrogen-bond acceptors (Lipinski definition) is 6. The second-order valence-corrected chi connectivity index (χ2v) is 8.93.